The molecule has 0 N–H and O–H groups in total. The smallest absolute Gasteiger partial charge is 0.0856 e. The van der Waals surface area contributed by atoms with Crippen LogP contribution in [-0.4, -0.2) is 4.32 Å². The molecule has 0 saturated heterocycles. The predicted molar refractivity (Wildman–Crippen MR) is 153 cm³/mol. The molecule has 0 aromatic carbocycles. The Balaban J connectivity index is 4.11. The molecule has 0 aromatic rings. The van der Waals surface area contributed by atoms with Gasteiger partial charge in [-0.1, -0.05) is 88.1 Å². The molecule has 0 spiro atoms. The van der Waals surface area contributed by atoms with Crippen LogP contribution < -0.4 is 0 Å². The second-order valence-electron chi connectivity index (χ2n) is 9.38. The minimum atomic E-state index is 0.482. The Morgan fingerprint density at radius 2 is 0.812 bits per heavy atom. The Bertz CT molecular complexity index is 737. The van der Waals surface area contributed by atoms with Crippen LogP contribution in [0.25, 0.3) is 0 Å². The van der Waals surface area contributed by atoms with Gasteiger partial charge in [0.2, 0.25) is 0 Å². The number of allylic oxidation sites excluding steroid dienone is 12. The zero-order chi connectivity index (χ0) is 24.4. The number of halogens is 1. The fourth-order valence-corrected chi connectivity index (χ4v) is 3.51. The lowest BCUT2D eigenvalue weighted by molar-refractivity contribution is 0.896. The van der Waals surface area contributed by atoms with E-state index in [-0.39, 0.29) is 0 Å². The van der Waals surface area contributed by atoms with Crippen LogP contribution >= 0.6 is 23.8 Å². The molecule has 0 unspecified atom stereocenters. The molecule has 0 atom stereocenters. The molecule has 0 amide bonds. The van der Waals surface area contributed by atoms with Crippen molar-refractivity contribution >= 4 is 28.1 Å². The van der Waals surface area contributed by atoms with Gasteiger partial charge in [-0.25, -0.2) is 0 Å². The highest BCUT2D eigenvalue weighted by Crippen LogP contribution is 2.15. The average molecular weight is 475 g/mol. The summed E-state index contributed by atoms with van der Waals surface area (Å²) in [5, 5.41) is 0. The topological polar surface area (TPSA) is 0 Å². The van der Waals surface area contributed by atoms with Gasteiger partial charge in [-0.3, -0.25) is 0 Å². The lowest BCUT2D eigenvalue weighted by Crippen LogP contribution is -1.85. The maximum Gasteiger partial charge on any atom is 0.106 e. The van der Waals surface area contributed by atoms with Crippen LogP contribution in [0.5, 0.6) is 0 Å². The Morgan fingerprint density at radius 3 is 1.16 bits per heavy atom. The van der Waals surface area contributed by atoms with Crippen molar-refractivity contribution < 1.29 is 0 Å². The number of thiocarbonyl (C=S) groups is 1. The van der Waals surface area contributed by atoms with Gasteiger partial charge in [0.25, 0.3) is 0 Å². The van der Waals surface area contributed by atoms with Crippen LogP contribution in [0, 0.1) is 0 Å². The van der Waals surface area contributed by atoms with E-state index in [1.165, 1.54) is 47.1 Å². The van der Waals surface area contributed by atoms with E-state index >= 15 is 0 Å². The van der Waals surface area contributed by atoms with Gasteiger partial charge in [0, 0.05) is 0 Å². The van der Waals surface area contributed by atoms with Crippen LogP contribution in [-0.2, 0) is 0 Å². The van der Waals surface area contributed by atoms with Crippen LogP contribution in [0.3, 0.4) is 0 Å². The van der Waals surface area contributed by atoms with Crippen molar-refractivity contribution in [3.63, 3.8) is 0 Å². The standard InChI is InChI=1S/C30H47ClS/c1-24(2)14-10-17-27(5)20-11-18-25(3)15-8-9-16-26(4)19-12-21-28(6)22-13-23-29(7)30(31)32/h14-16,20-21,23H,8-13,17-19,22H2,1-7H3/b25-15+,26-16+,27-20+,28-21+,29-23+. The molecule has 0 bridgehead atoms. The number of hydrogen-bond acceptors (Lipinski definition) is 1. The molecule has 0 saturated carbocycles. The summed E-state index contributed by atoms with van der Waals surface area (Å²) in [5.41, 5.74) is 8.41. The minimum absolute atomic E-state index is 0.482. The number of hydrogen-bond donors (Lipinski definition) is 0. The van der Waals surface area contributed by atoms with Gasteiger partial charge < -0.3 is 0 Å². The average Bonchev–Trinajstić information content (AvgIpc) is 2.70. The van der Waals surface area contributed by atoms with E-state index in [1.807, 2.05) is 6.92 Å². The Hall–Kier alpha value is -1.18. The van der Waals surface area contributed by atoms with E-state index in [2.05, 4.69) is 78.0 Å². The van der Waals surface area contributed by atoms with Crippen molar-refractivity contribution in [2.75, 3.05) is 0 Å². The highest BCUT2D eigenvalue weighted by atomic mass is 35.5. The molecular weight excluding hydrogens is 428 g/mol. The summed E-state index contributed by atoms with van der Waals surface area (Å²) in [6.45, 7) is 15.3. The largest absolute Gasteiger partial charge is 0.106 e. The van der Waals surface area contributed by atoms with Crippen LogP contribution in [0.4, 0.5) is 0 Å². The summed E-state index contributed by atoms with van der Waals surface area (Å²) >= 11 is 10.8. The summed E-state index contributed by atoms with van der Waals surface area (Å²) in [4.78, 5) is 0. The molecule has 0 aliphatic rings. The monoisotopic (exact) mass is 474 g/mol. The van der Waals surface area contributed by atoms with E-state index in [0.29, 0.717) is 4.32 Å². The number of unbranched alkanes of at least 4 members (excludes halogenated alkanes) is 1. The number of rotatable bonds is 16. The fraction of sp³-hybridized carbons (Fsp3) is 0.567. The quantitative estimate of drug-likeness (QED) is 0.0704. The third-order valence-electron chi connectivity index (χ3n) is 5.61. The molecule has 0 heterocycles. The molecule has 0 aliphatic carbocycles. The molecule has 180 valence electrons. The molecule has 0 fully saturated rings. The van der Waals surface area contributed by atoms with Crippen LogP contribution in [0.1, 0.15) is 113 Å². The zero-order valence-corrected chi connectivity index (χ0v) is 23.4. The zero-order valence-electron chi connectivity index (χ0n) is 21.8. The maximum atomic E-state index is 5.82. The van der Waals surface area contributed by atoms with E-state index < -0.39 is 0 Å². The van der Waals surface area contributed by atoms with Gasteiger partial charge in [-0.05, 0) is 118 Å². The summed E-state index contributed by atoms with van der Waals surface area (Å²) in [6, 6.07) is 0. The lowest BCUT2D eigenvalue weighted by Gasteiger charge is -2.03. The first-order valence-corrected chi connectivity index (χ1v) is 13.0. The van der Waals surface area contributed by atoms with Gasteiger partial charge in [-0.2, -0.15) is 0 Å². The summed E-state index contributed by atoms with van der Waals surface area (Å²) in [5.74, 6) is 0. The second-order valence-corrected chi connectivity index (χ2v) is 10.4. The van der Waals surface area contributed by atoms with Crippen molar-refractivity contribution in [2.45, 2.75) is 113 Å². The van der Waals surface area contributed by atoms with Crippen molar-refractivity contribution in [1.82, 2.24) is 0 Å². The molecule has 0 aromatic heterocycles. The van der Waals surface area contributed by atoms with Gasteiger partial charge in [0.15, 0.2) is 0 Å². The molecule has 0 aliphatic heterocycles. The Morgan fingerprint density at radius 1 is 0.500 bits per heavy atom. The van der Waals surface area contributed by atoms with Gasteiger partial charge in [0.1, 0.15) is 4.32 Å². The normalized spacial score (nSPS) is 14.1. The second kappa shape index (κ2) is 19.3. The van der Waals surface area contributed by atoms with Crippen LogP contribution in [0.15, 0.2) is 69.9 Å². The molecule has 0 rings (SSSR count). The molecule has 0 radical (unpaired) electrons. The molecular formula is C30H47ClS. The van der Waals surface area contributed by atoms with Gasteiger partial charge in [-0.15, -0.1) is 0 Å². The van der Waals surface area contributed by atoms with Gasteiger partial charge in [0.05, 0.1) is 0 Å². The van der Waals surface area contributed by atoms with Gasteiger partial charge >= 0.3 is 0 Å². The third kappa shape index (κ3) is 19.5. The predicted octanol–water partition coefficient (Wildman–Crippen LogP) is 11.2. The first-order valence-electron chi connectivity index (χ1n) is 12.2. The van der Waals surface area contributed by atoms with Crippen molar-refractivity contribution in [3.05, 3.63) is 69.9 Å². The van der Waals surface area contributed by atoms with Crippen molar-refractivity contribution in [1.29, 1.82) is 0 Å². The van der Waals surface area contributed by atoms with Crippen molar-refractivity contribution in [2.24, 2.45) is 0 Å². The van der Waals surface area contributed by atoms with E-state index in [1.54, 1.807) is 0 Å². The Kier molecular flexibility index (Phi) is 18.6. The first-order chi connectivity index (χ1) is 15.1. The SMILES string of the molecule is CC(C)=CCC/C(C)=C/CC/C(C)=C/CC/C=C(\C)CC/C=C(\C)CC/C=C(\C)C(=S)Cl. The summed E-state index contributed by atoms with van der Waals surface area (Å²) < 4.78 is 0.482. The highest BCUT2D eigenvalue weighted by Gasteiger charge is 1.96. The maximum absolute atomic E-state index is 5.82. The molecule has 0 nitrogen and oxygen atoms in total. The van der Waals surface area contributed by atoms with Crippen molar-refractivity contribution in [3.8, 4) is 0 Å². The first kappa shape index (κ1) is 30.8. The van der Waals surface area contributed by atoms with E-state index in [9.17, 15) is 0 Å². The fourth-order valence-electron chi connectivity index (χ4n) is 3.35. The summed E-state index contributed by atoms with van der Waals surface area (Å²) in [7, 11) is 0. The Labute approximate surface area is 210 Å². The molecule has 2 heteroatoms. The molecule has 32 heavy (non-hydrogen) atoms. The minimum Gasteiger partial charge on any atom is -0.0856 e. The highest BCUT2D eigenvalue weighted by molar-refractivity contribution is 7.83. The summed E-state index contributed by atoms with van der Waals surface area (Å²) in [6.07, 6.45) is 25.4. The lowest BCUT2D eigenvalue weighted by atomic mass is 10.0. The van der Waals surface area contributed by atoms with E-state index in [4.69, 9.17) is 23.8 Å². The third-order valence-corrected chi connectivity index (χ3v) is 6.23. The van der Waals surface area contributed by atoms with Crippen LogP contribution in [0.2, 0.25) is 0 Å². The van der Waals surface area contributed by atoms with E-state index in [0.717, 1.165) is 50.5 Å².